The third kappa shape index (κ3) is 3.53. The highest BCUT2D eigenvalue weighted by Crippen LogP contribution is 2.30. The van der Waals surface area contributed by atoms with Gasteiger partial charge in [-0.15, -0.1) is 0 Å². The maximum Gasteiger partial charge on any atom is 0.0702 e. The molecule has 0 unspecified atom stereocenters. The molecule has 1 saturated heterocycles. The van der Waals surface area contributed by atoms with Gasteiger partial charge in [-0.2, -0.15) is 0 Å². The Kier molecular flexibility index (Phi) is 3.91. The van der Waals surface area contributed by atoms with Crippen LogP contribution in [0.4, 0.5) is 0 Å². The molecule has 3 rings (SSSR count). The average molecular weight is 246 g/mol. The summed E-state index contributed by atoms with van der Waals surface area (Å²) in [4.78, 5) is 6.58. The zero-order valence-electron chi connectivity index (χ0n) is 10.9. The Balaban J connectivity index is 1.47. The van der Waals surface area contributed by atoms with Gasteiger partial charge < -0.3 is 4.74 Å². The largest absolute Gasteiger partial charge is 0.377 e. The van der Waals surface area contributed by atoms with Crippen molar-refractivity contribution in [2.75, 3.05) is 19.7 Å². The van der Waals surface area contributed by atoms with Crippen LogP contribution in [0.3, 0.4) is 0 Å². The first-order valence-corrected chi connectivity index (χ1v) is 7.13. The van der Waals surface area contributed by atoms with Crippen molar-refractivity contribution >= 4 is 0 Å². The number of hydrogen-bond donors (Lipinski definition) is 0. The van der Waals surface area contributed by atoms with Crippen molar-refractivity contribution < 1.29 is 4.74 Å². The van der Waals surface area contributed by atoms with Crippen LogP contribution < -0.4 is 0 Å². The van der Waals surface area contributed by atoms with Gasteiger partial charge >= 0.3 is 0 Å². The van der Waals surface area contributed by atoms with Gasteiger partial charge in [0, 0.05) is 32.1 Å². The van der Waals surface area contributed by atoms with Crippen molar-refractivity contribution in [1.82, 2.24) is 9.88 Å². The standard InChI is InChI=1S/C15H22N2O/c1-2-15(18-12-14-3-4-14)11-17(9-1)10-13-5-7-16-8-6-13/h5-8,14-15H,1-4,9-12H2/t15-/m1/s1. The number of pyridine rings is 1. The van der Waals surface area contributed by atoms with E-state index in [2.05, 4.69) is 22.0 Å². The molecule has 1 aliphatic carbocycles. The van der Waals surface area contributed by atoms with Crippen molar-refractivity contribution in [3.8, 4) is 0 Å². The van der Waals surface area contributed by atoms with Crippen LogP contribution in [0.1, 0.15) is 31.2 Å². The highest BCUT2D eigenvalue weighted by atomic mass is 16.5. The molecule has 1 atom stereocenters. The SMILES string of the molecule is c1cc(CN2CCC[C@@H](OCC3CC3)C2)ccn1. The Morgan fingerprint density at radius 3 is 2.83 bits per heavy atom. The van der Waals surface area contributed by atoms with Crippen LogP contribution in [0.2, 0.25) is 0 Å². The van der Waals surface area contributed by atoms with Gasteiger partial charge in [0.1, 0.15) is 0 Å². The smallest absolute Gasteiger partial charge is 0.0702 e. The van der Waals surface area contributed by atoms with E-state index in [9.17, 15) is 0 Å². The minimum absolute atomic E-state index is 0.459. The van der Waals surface area contributed by atoms with E-state index >= 15 is 0 Å². The maximum absolute atomic E-state index is 6.02. The molecular weight excluding hydrogens is 224 g/mol. The molecule has 0 radical (unpaired) electrons. The summed E-state index contributed by atoms with van der Waals surface area (Å²) in [6.45, 7) is 4.32. The highest BCUT2D eigenvalue weighted by molar-refractivity contribution is 5.09. The van der Waals surface area contributed by atoms with Crippen molar-refractivity contribution in [3.05, 3.63) is 30.1 Å². The fourth-order valence-electron chi connectivity index (χ4n) is 2.60. The summed E-state index contributed by atoms with van der Waals surface area (Å²) in [5.74, 6) is 0.876. The molecule has 3 heteroatoms. The molecule has 98 valence electrons. The van der Waals surface area contributed by atoms with Gasteiger partial charge in [0.05, 0.1) is 6.10 Å². The maximum atomic E-state index is 6.02. The summed E-state index contributed by atoms with van der Waals surface area (Å²) in [6.07, 6.45) is 9.47. The van der Waals surface area contributed by atoms with E-state index in [1.165, 1.54) is 37.8 Å². The Morgan fingerprint density at radius 1 is 1.22 bits per heavy atom. The lowest BCUT2D eigenvalue weighted by molar-refractivity contribution is -0.00724. The number of likely N-dealkylation sites (tertiary alicyclic amines) is 1. The second kappa shape index (κ2) is 5.81. The quantitative estimate of drug-likeness (QED) is 0.798. The normalized spacial score (nSPS) is 25.2. The van der Waals surface area contributed by atoms with E-state index in [0.717, 1.165) is 25.6 Å². The molecule has 2 aliphatic rings. The van der Waals surface area contributed by atoms with Crippen LogP contribution in [-0.4, -0.2) is 35.7 Å². The van der Waals surface area contributed by atoms with Crippen molar-refractivity contribution in [2.24, 2.45) is 5.92 Å². The third-order valence-electron chi connectivity index (χ3n) is 3.88. The van der Waals surface area contributed by atoms with E-state index in [-0.39, 0.29) is 0 Å². The summed E-state index contributed by atoms with van der Waals surface area (Å²) < 4.78 is 6.02. The van der Waals surface area contributed by atoms with Crippen LogP contribution in [0, 0.1) is 5.92 Å². The molecule has 0 amide bonds. The molecular formula is C15H22N2O. The first-order chi connectivity index (χ1) is 8.90. The van der Waals surface area contributed by atoms with Gasteiger partial charge in [-0.3, -0.25) is 9.88 Å². The molecule has 0 spiro atoms. The predicted molar refractivity (Wildman–Crippen MR) is 71.2 cm³/mol. The number of piperidine rings is 1. The van der Waals surface area contributed by atoms with E-state index in [4.69, 9.17) is 4.74 Å². The summed E-state index contributed by atoms with van der Waals surface area (Å²) >= 11 is 0. The Labute approximate surface area is 109 Å². The first kappa shape index (κ1) is 12.1. The van der Waals surface area contributed by atoms with E-state index in [1.54, 1.807) is 0 Å². The van der Waals surface area contributed by atoms with Crippen molar-refractivity contribution in [1.29, 1.82) is 0 Å². The molecule has 1 aliphatic heterocycles. The number of nitrogens with zero attached hydrogens (tertiary/aromatic N) is 2. The fourth-order valence-corrected chi connectivity index (χ4v) is 2.60. The van der Waals surface area contributed by atoms with Crippen LogP contribution >= 0.6 is 0 Å². The summed E-state index contributed by atoms with van der Waals surface area (Å²) in [6, 6.07) is 4.21. The van der Waals surface area contributed by atoms with Crippen LogP contribution in [0.5, 0.6) is 0 Å². The Bertz CT molecular complexity index is 364. The molecule has 0 bridgehead atoms. The van der Waals surface area contributed by atoms with Gasteiger partial charge in [-0.1, -0.05) is 0 Å². The molecule has 3 nitrogen and oxygen atoms in total. The van der Waals surface area contributed by atoms with E-state index in [0.29, 0.717) is 6.10 Å². The lowest BCUT2D eigenvalue weighted by atomic mass is 10.1. The number of hydrogen-bond acceptors (Lipinski definition) is 3. The molecule has 0 aromatic carbocycles. The van der Waals surface area contributed by atoms with Gasteiger partial charge in [0.15, 0.2) is 0 Å². The van der Waals surface area contributed by atoms with E-state index < -0.39 is 0 Å². The summed E-state index contributed by atoms with van der Waals surface area (Å²) in [5, 5.41) is 0. The monoisotopic (exact) mass is 246 g/mol. The molecule has 0 N–H and O–H groups in total. The molecule has 1 aromatic rings. The Hall–Kier alpha value is -0.930. The third-order valence-corrected chi connectivity index (χ3v) is 3.88. The second-order valence-electron chi connectivity index (χ2n) is 5.63. The first-order valence-electron chi connectivity index (χ1n) is 7.13. The second-order valence-corrected chi connectivity index (χ2v) is 5.63. The summed E-state index contributed by atoms with van der Waals surface area (Å²) in [7, 11) is 0. The minimum Gasteiger partial charge on any atom is -0.377 e. The van der Waals surface area contributed by atoms with E-state index in [1.807, 2.05) is 12.4 Å². The molecule has 1 aromatic heterocycles. The molecule has 2 heterocycles. The van der Waals surface area contributed by atoms with Gasteiger partial charge in [-0.05, 0) is 55.8 Å². The lowest BCUT2D eigenvalue weighted by Gasteiger charge is -2.32. The number of aromatic nitrogens is 1. The van der Waals surface area contributed by atoms with Crippen molar-refractivity contribution in [2.45, 2.75) is 38.3 Å². The zero-order valence-corrected chi connectivity index (χ0v) is 10.9. The molecule has 18 heavy (non-hydrogen) atoms. The fraction of sp³-hybridized carbons (Fsp3) is 0.667. The van der Waals surface area contributed by atoms with Crippen LogP contribution in [0.15, 0.2) is 24.5 Å². The number of ether oxygens (including phenoxy) is 1. The molecule has 2 fully saturated rings. The topological polar surface area (TPSA) is 25.4 Å². The van der Waals surface area contributed by atoms with Crippen LogP contribution in [-0.2, 0) is 11.3 Å². The minimum atomic E-state index is 0.459. The number of rotatable bonds is 5. The van der Waals surface area contributed by atoms with Crippen molar-refractivity contribution in [3.63, 3.8) is 0 Å². The van der Waals surface area contributed by atoms with Gasteiger partial charge in [-0.25, -0.2) is 0 Å². The van der Waals surface area contributed by atoms with Crippen LogP contribution in [0.25, 0.3) is 0 Å². The molecule has 1 saturated carbocycles. The van der Waals surface area contributed by atoms with Gasteiger partial charge in [0.25, 0.3) is 0 Å². The lowest BCUT2D eigenvalue weighted by Crippen LogP contribution is -2.39. The van der Waals surface area contributed by atoms with Gasteiger partial charge in [0.2, 0.25) is 0 Å². The predicted octanol–water partition coefficient (Wildman–Crippen LogP) is 2.47. The average Bonchev–Trinajstić information content (AvgIpc) is 3.22. The Morgan fingerprint density at radius 2 is 2.06 bits per heavy atom. The summed E-state index contributed by atoms with van der Waals surface area (Å²) in [5.41, 5.74) is 1.35. The zero-order chi connectivity index (χ0) is 12.2. The highest BCUT2D eigenvalue weighted by Gasteiger charge is 2.25.